The zero-order valence-corrected chi connectivity index (χ0v) is 10.1. The van der Waals surface area contributed by atoms with Gasteiger partial charge in [0.1, 0.15) is 17.3 Å². The molecule has 0 atom stereocenters. The fraction of sp³-hybridized carbons (Fsp3) is 0. The molecule has 0 aliphatic heterocycles. The summed E-state index contributed by atoms with van der Waals surface area (Å²) in [5.74, 6) is -10.0. The molecule has 0 spiro atoms. The number of aromatic hydroxyl groups is 1. The van der Waals surface area contributed by atoms with Gasteiger partial charge in [-0.3, -0.25) is 4.79 Å². The Bertz CT molecular complexity index is 707. The normalized spacial score (nSPS) is 10.5. The maximum Gasteiger partial charge on any atom is 0.258 e. The molecule has 3 nitrogen and oxygen atoms in total. The summed E-state index contributed by atoms with van der Waals surface area (Å²) >= 11 is 0. The van der Waals surface area contributed by atoms with E-state index in [2.05, 4.69) is 0 Å². The van der Waals surface area contributed by atoms with Crippen LogP contribution in [-0.2, 0) is 0 Å². The van der Waals surface area contributed by atoms with Gasteiger partial charge < -0.3 is 10.4 Å². The van der Waals surface area contributed by atoms with Crippen LogP contribution in [0.15, 0.2) is 24.3 Å². The molecular weight excluding hydrogens is 297 g/mol. The minimum absolute atomic E-state index is 0.0263. The first-order valence-electron chi connectivity index (χ1n) is 5.44. The second-order valence-corrected chi connectivity index (χ2v) is 3.96. The molecule has 0 aliphatic rings. The smallest absolute Gasteiger partial charge is 0.258 e. The lowest BCUT2D eigenvalue weighted by molar-refractivity contribution is 0.102. The fourth-order valence-electron chi connectivity index (χ4n) is 1.55. The van der Waals surface area contributed by atoms with Gasteiger partial charge >= 0.3 is 0 Å². The van der Waals surface area contributed by atoms with Crippen LogP contribution in [0.1, 0.15) is 10.4 Å². The molecule has 2 aromatic carbocycles. The molecule has 0 aromatic heterocycles. The third-order valence-corrected chi connectivity index (χ3v) is 2.55. The van der Waals surface area contributed by atoms with E-state index in [9.17, 15) is 26.7 Å². The summed E-state index contributed by atoms with van der Waals surface area (Å²) in [7, 11) is 0. The van der Waals surface area contributed by atoms with Gasteiger partial charge in [-0.25, -0.2) is 22.0 Å². The average Bonchev–Trinajstić information content (AvgIpc) is 2.41. The van der Waals surface area contributed by atoms with Crippen LogP contribution in [0.3, 0.4) is 0 Å². The van der Waals surface area contributed by atoms with Crippen LogP contribution in [0.2, 0.25) is 0 Å². The highest BCUT2D eigenvalue weighted by Gasteiger charge is 2.22. The van der Waals surface area contributed by atoms with E-state index in [1.807, 2.05) is 0 Å². The first-order valence-corrected chi connectivity index (χ1v) is 5.44. The van der Waals surface area contributed by atoms with E-state index in [1.54, 1.807) is 5.32 Å². The highest BCUT2D eigenvalue weighted by atomic mass is 19.2. The molecule has 1 amide bonds. The third kappa shape index (κ3) is 2.78. The SMILES string of the molecule is O=C(Nc1c(F)c(F)cc(F)c1F)c1ccc(O)cc1F. The molecule has 110 valence electrons. The number of benzene rings is 2. The van der Waals surface area contributed by atoms with Crippen molar-refractivity contribution in [2.45, 2.75) is 0 Å². The van der Waals surface area contributed by atoms with Gasteiger partial charge in [-0.15, -0.1) is 0 Å². The summed E-state index contributed by atoms with van der Waals surface area (Å²) in [6.45, 7) is 0. The molecule has 2 N–H and O–H groups in total. The lowest BCUT2D eigenvalue weighted by Crippen LogP contribution is -2.17. The molecule has 0 unspecified atom stereocenters. The lowest BCUT2D eigenvalue weighted by Gasteiger charge is -2.09. The number of carbonyl (C=O) groups is 1. The summed E-state index contributed by atoms with van der Waals surface area (Å²) in [4.78, 5) is 11.7. The van der Waals surface area contributed by atoms with Crippen molar-refractivity contribution in [3.05, 3.63) is 58.9 Å². The van der Waals surface area contributed by atoms with Gasteiger partial charge in [-0.2, -0.15) is 0 Å². The van der Waals surface area contributed by atoms with Crippen LogP contribution >= 0.6 is 0 Å². The Morgan fingerprint density at radius 2 is 1.48 bits per heavy atom. The van der Waals surface area contributed by atoms with Gasteiger partial charge in [0.2, 0.25) is 0 Å². The number of carbonyl (C=O) groups excluding carboxylic acids is 1. The molecule has 0 fully saturated rings. The Labute approximate surface area is 114 Å². The molecule has 0 bridgehead atoms. The molecule has 2 aromatic rings. The second-order valence-electron chi connectivity index (χ2n) is 3.96. The molecule has 0 aliphatic carbocycles. The number of anilines is 1. The highest BCUT2D eigenvalue weighted by Crippen LogP contribution is 2.25. The van der Waals surface area contributed by atoms with Crippen molar-refractivity contribution >= 4 is 11.6 Å². The second kappa shape index (κ2) is 5.39. The van der Waals surface area contributed by atoms with Gasteiger partial charge in [0.25, 0.3) is 5.91 Å². The first kappa shape index (κ1) is 14.8. The van der Waals surface area contributed by atoms with E-state index in [-0.39, 0.29) is 6.07 Å². The van der Waals surface area contributed by atoms with Crippen LogP contribution < -0.4 is 5.32 Å². The number of phenolic OH excluding ortho intramolecular Hbond substituents is 1. The zero-order chi connectivity index (χ0) is 15.7. The first-order chi connectivity index (χ1) is 9.81. The predicted octanol–water partition coefficient (Wildman–Crippen LogP) is 3.34. The van der Waals surface area contributed by atoms with Crippen molar-refractivity contribution in [3.8, 4) is 5.75 Å². The summed E-state index contributed by atoms with van der Waals surface area (Å²) in [6.07, 6.45) is 0. The maximum absolute atomic E-state index is 13.4. The summed E-state index contributed by atoms with van der Waals surface area (Å²) in [5, 5.41) is 10.5. The van der Waals surface area contributed by atoms with Crippen LogP contribution in [0.4, 0.5) is 27.6 Å². The van der Waals surface area contributed by atoms with E-state index >= 15 is 0 Å². The molecule has 0 heterocycles. The van der Waals surface area contributed by atoms with Gasteiger partial charge in [0.15, 0.2) is 23.3 Å². The number of amides is 1. The molecule has 0 saturated carbocycles. The number of hydrogen-bond donors (Lipinski definition) is 2. The topological polar surface area (TPSA) is 49.3 Å². The molecule has 0 radical (unpaired) electrons. The minimum atomic E-state index is -1.82. The van der Waals surface area contributed by atoms with E-state index < -0.39 is 52.0 Å². The Morgan fingerprint density at radius 3 is 2.00 bits per heavy atom. The third-order valence-electron chi connectivity index (χ3n) is 2.55. The average molecular weight is 303 g/mol. The van der Waals surface area contributed by atoms with Crippen molar-refractivity contribution in [2.24, 2.45) is 0 Å². The number of hydrogen-bond acceptors (Lipinski definition) is 2. The summed E-state index contributed by atoms with van der Waals surface area (Å²) in [6, 6.07) is 2.36. The van der Waals surface area contributed by atoms with Crippen molar-refractivity contribution in [2.75, 3.05) is 5.32 Å². The molecule has 21 heavy (non-hydrogen) atoms. The maximum atomic E-state index is 13.4. The van der Waals surface area contributed by atoms with Gasteiger partial charge in [-0.1, -0.05) is 0 Å². The monoisotopic (exact) mass is 303 g/mol. The number of halogens is 5. The summed E-state index contributed by atoms with van der Waals surface area (Å²) < 4.78 is 66.0. The van der Waals surface area contributed by atoms with Crippen LogP contribution in [0.25, 0.3) is 0 Å². The largest absolute Gasteiger partial charge is 0.508 e. The summed E-state index contributed by atoms with van der Waals surface area (Å²) in [5.41, 5.74) is -2.04. The Hall–Kier alpha value is -2.64. The number of nitrogens with one attached hydrogen (secondary N) is 1. The van der Waals surface area contributed by atoms with Crippen molar-refractivity contribution in [1.29, 1.82) is 0 Å². The zero-order valence-electron chi connectivity index (χ0n) is 10.1. The van der Waals surface area contributed by atoms with Gasteiger partial charge in [0, 0.05) is 12.1 Å². The van der Waals surface area contributed by atoms with Gasteiger partial charge in [-0.05, 0) is 12.1 Å². The molecule has 8 heteroatoms. The van der Waals surface area contributed by atoms with Gasteiger partial charge in [0.05, 0.1) is 5.56 Å². The number of rotatable bonds is 2. The lowest BCUT2D eigenvalue weighted by atomic mass is 10.1. The molecular formula is C13H6F5NO2. The Morgan fingerprint density at radius 1 is 0.905 bits per heavy atom. The molecule has 0 saturated heterocycles. The highest BCUT2D eigenvalue weighted by molar-refractivity contribution is 6.04. The quantitative estimate of drug-likeness (QED) is 0.660. The molecule has 2 rings (SSSR count). The van der Waals surface area contributed by atoms with Crippen molar-refractivity contribution in [1.82, 2.24) is 0 Å². The Balaban J connectivity index is 2.41. The van der Waals surface area contributed by atoms with Crippen LogP contribution in [0.5, 0.6) is 5.75 Å². The standard InChI is InChI=1S/C13H6F5NO2/c14-7-3-5(20)1-2-6(7)13(21)19-12-10(17)8(15)4-9(16)11(12)18/h1-4,20H,(H,19,21). The van der Waals surface area contributed by atoms with E-state index in [0.717, 1.165) is 12.1 Å². The predicted molar refractivity (Wildman–Crippen MR) is 62.3 cm³/mol. The van der Waals surface area contributed by atoms with E-state index in [0.29, 0.717) is 6.07 Å². The van der Waals surface area contributed by atoms with E-state index in [4.69, 9.17) is 5.11 Å². The van der Waals surface area contributed by atoms with Crippen molar-refractivity contribution < 1.29 is 31.9 Å². The van der Waals surface area contributed by atoms with Crippen LogP contribution in [0, 0.1) is 29.1 Å². The van der Waals surface area contributed by atoms with E-state index in [1.165, 1.54) is 0 Å². The minimum Gasteiger partial charge on any atom is -0.508 e. The van der Waals surface area contributed by atoms with Crippen LogP contribution in [-0.4, -0.2) is 11.0 Å². The number of phenols is 1. The Kier molecular flexibility index (Phi) is 3.79. The van der Waals surface area contributed by atoms with Crippen molar-refractivity contribution in [3.63, 3.8) is 0 Å². The fourth-order valence-corrected chi connectivity index (χ4v) is 1.55.